The van der Waals surface area contributed by atoms with Crippen LogP contribution < -0.4 is 0 Å². The molecule has 0 bridgehead atoms. The van der Waals surface area contributed by atoms with E-state index in [4.69, 9.17) is 0 Å². The first kappa shape index (κ1) is 31.6. The lowest BCUT2D eigenvalue weighted by Crippen LogP contribution is -2.52. The van der Waals surface area contributed by atoms with E-state index in [1.165, 1.54) is 0 Å². The lowest BCUT2D eigenvalue weighted by Gasteiger charge is -2.38. The summed E-state index contributed by atoms with van der Waals surface area (Å²) in [6.45, 7) is 9.69. The van der Waals surface area contributed by atoms with Crippen LogP contribution in [0.4, 0.5) is 0 Å². The topological polar surface area (TPSA) is 40.6 Å². The van der Waals surface area contributed by atoms with Gasteiger partial charge < -0.3 is 0 Å². The molecular weight excluding hydrogens is 480 g/mol. The van der Waals surface area contributed by atoms with E-state index in [1.807, 2.05) is 136 Å². The van der Waals surface area contributed by atoms with Gasteiger partial charge >= 0.3 is 0 Å². The molecule has 0 aliphatic rings. The highest BCUT2D eigenvalue weighted by atomic mass is 16.1. The van der Waals surface area contributed by atoms with Crippen molar-refractivity contribution in [3.8, 4) is 0 Å². The van der Waals surface area contributed by atoms with E-state index in [2.05, 4.69) is 25.3 Å². The fourth-order valence-corrected chi connectivity index (χ4v) is 5.02. The molecule has 0 N–H and O–H groups in total. The Kier molecular flexibility index (Phi) is 12.2. The van der Waals surface area contributed by atoms with Gasteiger partial charge in [0.25, 0.3) is 0 Å². The van der Waals surface area contributed by atoms with Crippen LogP contribution in [-0.4, -0.2) is 60.6 Å². The summed E-state index contributed by atoms with van der Waals surface area (Å²) in [4.78, 5) is 29.9. The van der Waals surface area contributed by atoms with Crippen molar-refractivity contribution in [1.29, 1.82) is 0 Å². The third-order valence-electron chi connectivity index (χ3n) is 7.52. The molecule has 3 aromatic carbocycles. The number of hydrogen-bond donors (Lipinski definition) is 0. The van der Waals surface area contributed by atoms with Gasteiger partial charge in [0.2, 0.25) is 0 Å². The second-order valence-electron chi connectivity index (χ2n) is 10.2. The largest absolute Gasteiger partial charge is 0.297 e. The quantitative estimate of drug-likeness (QED) is 0.176. The molecule has 0 aromatic heterocycles. The van der Waals surface area contributed by atoms with Crippen molar-refractivity contribution in [2.24, 2.45) is 0 Å². The lowest BCUT2D eigenvalue weighted by molar-refractivity contribution is 0.0671. The van der Waals surface area contributed by atoms with Crippen LogP contribution in [0.25, 0.3) is 0 Å². The standard InChI is InChI=1S/C20H23NO.C15H21NO/c1-4-15-20(21(2)3,16-17-11-7-5-8-12-17)19(22)18-13-9-6-10-14-18;1-5-12-15(6-2,16(3)4)14(17)13-10-8-7-9-11-13/h4-14H,1,15-16H2,2-3H3;5,7-11H,1,6,12H2,2-4H3. The van der Waals surface area contributed by atoms with E-state index in [1.54, 1.807) is 0 Å². The zero-order chi connectivity index (χ0) is 28.9. The summed E-state index contributed by atoms with van der Waals surface area (Å²) in [5.41, 5.74) is 1.59. The second-order valence-corrected chi connectivity index (χ2v) is 10.2. The van der Waals surface area contributed by atoms with Gasteiger partial charge in [-0.1, -0.05) is 110 Å². The maximum absolute atomic E-state index is 13.2. The van der Waals surface area contributed by atoms with Crippen LogP contribution in [0.1, 0.15) is 52.5 Å². The first-order valence-corrected chi connectivity index (χ1v) is 13.5. The maximum Gasteiger partial charge on any atom is 0.183 e. The fourth-order valence-electron chi connectivity index (χ4n) is 5.02. The summed E-state index contributed by atoms with van der Waals surface area (Å²) in [7, 11) is 7.84. The van der Waals surface area contributed by atoms with Gasteiger partial charge in [-0.15, -0.1) is 13.2 Å². The highest BCUT2D eigenvalue weighted by Crippen LogP contribution is 2.29. The Balaban J connectivity index is 0.000000283. The molecule has 39 heavy (non-hydrogen) atoms. The molecule has 4 heteroatoms. The molecule has 0 spiro atoms. The van der Waals surface area contributed by atoms with Crippen LogP contribution in [0.15, 0.2) is 116 Å². The van der Waals surface area contributed by atoms with Gasteiger partial charge in [0, 0.05) is 11.1 Å². The third kappa shape index (κ3) is 7.72. The number of ketones is 2. The van der Waals surface area contributed by atoms with Gasteiger partial charge in [0.05, 0.1) is 11.1 Å². The van der Waals surface area contributed by atoms with Crippen LogP contribution in [-0.2, 0) is 6.42 Å². The van der Waals surface area contributed by atoms with Crippen LogP contribution >= 0.6 is 0 Å². The molecule has 0 aliphatic heterocycles. The molecule has 0 saturated carbocycles. The first-order valence-electron chi connectivity index (χ1n) is 13.5. The van der Waals surface area contributed by atoms with E-state index in [0.717, 1.165) is 23.1 Å². The fraction of sp³-hybridized carbons (Fsp3) is 0.314. The lowest BCUT2D eigenvalue weighted by atomic mass is 9.79. The van der Waals surface area contributed by atoms with Crippen molar-refractivity contribution in [3.05, 3.63) is 133 Å². The summed E-state index contributed by atoms with van der Waals surface area (Å²) in [6.07, 6.45) is 6.39. The minimum Gasteiger partial charge on any atom is -0.297 e. The summed E-state index contributed by atoms with van der Waals surface area (Å²) in [5.74, 6) is 0.312. The molecule has 0 fully saturated rings. The van der Waals surface area contributed by atoms with Crippen LogP contribution in [0.5, 0.6) is 0 Å². The number of rotatable bonds is 13. The zero-order valence-electron chi connectivity index (χ0n) is 24.3. The molecule has 0 saturated heterocycles. The number of benzene rings is 3. The summed E-state index contributed by atoms with van der Waals surface area (Å²) >= 11 is 0. The van der Waals surface area contributed by atoms with E-state index >= 15 is 0 Å². The minimum atomic E-state index is -0.607. The Labute approximate surface area is 235 Å². The van der Waals surface area contributed by atoms with Crippen LogP contribution in [0.2, 0.25) is 0 Å². The molecule has 3 aromatic rings. The highest BCUT2D eigenvalue weighted by Gasteiger charge is 2.40. The predicted molar refractivity (Wildman–Crippen MR) is 164 cm³/mol. The molecule has 0 aliphatic carbocycles. The van der Waals surface area contributed by atoms with E-state index in [-0.39, 0.29) is 11.6 Å². The van der Waals surface area contributed by atoms with Gasteiger partial charge in [-0.05, 0) is 59.4 Å². The zero-order valence-corrected chi connectivity index (χ0v) is 24.3. The molecule has 3 rings (SSSR count). The summed E-state index contributed by atoms with van der Waals surface area (Å²) in [5, 5.41) is 0. The predicted octanol–water partition coefficient (Wildman–Crippen LogP) is 7.14. The van der Waals surface area contributed by atoms with Gasteiger partial charge in [-0.2, -0.15) is 0 Å². The number of hydrogen-bond acceptors (Lipinski definition) is 4. The van der Waals surface area contributed by atoms with Gasteiger partial charge in [0.15, 0.2) is 11.6 Å². The smallest absolute Gasteiger partial charge is 0.183 e. The number of carbonyl (C=O) groups excluding carboxylic acids is 2. The van der Waals surface area contributed by atoms with Crippen molar-refractivity contribution in [2.75, 3.05) is 28.2 Å². The monoisotopic (exact) mass is 524 g/mol. The highest BCUT2D eigenvalue weighted by molar-refractivity contribution is 6.04. The van der Waals surface area contributed by atoms with Crippen molar-refractivity contribution in [3.63, 3.8) is 0 Å². The SMILES string of the molecule is C=CCC(CC)(C(=O)c1ccccc1)N(C)C.C=CCC(Cc1ccccc1)(C(=O)c1ccccc1)N(C)C. The molecule has 4 nitrogen and oxygen atoms in total. The minimum absolute atomic E-state index is 0.141. The molecule has 206 valence electrons. The molecular formula is C35H44N2O2. The number of Topliss-reactive ketones (excluding diaryl/α,β-unsaturated/α-hetero) is 2. The van der Waals surface area contributed by atoms with Crippen molar-refractivity contribution >= 4 is 11.6 Å². The molecule has 2 atom stereocenters. The summed E-state index contributed by atoms with van der Waals surface area (Å²) < 4.78 is 0. The van der Waals surface area contributed by atoms with E-state index in [0.29, 0.717) is 19.3 Å². The first-order chi connectivity index (χ1) is 18.7. The molecule has 0 heterocycles. The average molecular weight is 525 g/mol. The number of carbonyl (C=O) groups is 2. The molecule has 2 unspecified atom stereocenters. The number of likely N-dealkylation sites (N-methyl/N-ethyl adjacent to an activating group) is 2. The van der Waals surface area contributed by atoms with Crippen LogP contribution in [0.3, 0.4) is 0 Å². The Hall–Kier alpha value is -3.60. The Morgan fingerprint density at radius 3 is 1.36 bits per heavy atom. The Bertz CT molecular complexity index is 1190. The Morgan fingerprint density at radius 2 is 1.00 bits per heavy atom. The summed E-state index contributed by atoms with van der Waals surface area (Å²) in [6, 6.07) is 29.1. The number of nitrogens with zero attached hydrogens (tertiary/aromatic N) is 2. The van der Waals surface area contributed by atoms with Crippen molar-refractivity contribution in [1.82, 2.24) is 9.80 Å². The third-order valence-corrected chi connectivity index (χ3v) is 7.52. The van der Waals surface area contributed by atoms with Gasteiger partial charge in [0.1, 0.15) is 0 Å². The van der Waals surface area contributed by atoms with Gasteiger partial charge in [-0.25, -0.2) is 0 Å². The van der Waals surface area contributed by atoms with Crippen LogP contribution in [0, 0.1) is 0 Å². The Morgan fingerprint density at radius 1 is 0.641 bits per heavy atom. The van der Waals surface area contributed by atoms with E-state index in [9.17, 15) is 9.59 Å². The average Bonchev–Trinajstić information content (AvgIpc) is 2.96. The maximum atomic E-state index is 13.2. The molecule has 0 amide bonds. The molecule has 0 radical (unpaired) electrons. The van der Waals surface area contributed by atoms with Crippen molar-refractivity contribution in [2.45, 2.75) is 43.7 Å². The van der Waals surface area contributed by atoms with Gasteiger partial charge in [-0.3, -0.25) is 19.4 Å². The second kappa shape index (κ2) is 15.1. The normalized spacial score (nSPS) is 13.9. The van der Waals surface area contributed by atoms with Crippen molar-refractivity contribution < 1.29 is 9.59 Å². The van der Waals surface area contributed by atoms with E-state index < -0.39 is 11.1 Å².